The highest BCUT2D eigenvalue weighted by atomic mass is 32.2. The van der Waals surface area contributed by atoms with E-state index < -0.39 is 0 Å². The van der Waals surface area contributed by atoms with E-state index in [4.69, 9.17) is 4.98 Å². The lowest BCUT2D eigenvalue weighted by Crippen LogP contribution is -2.32. The largest absolute Gasteiger partial charge is 0.348 e. The molecule has 1 saturated carbocycles. The second-order valence-electron chi connectivity index (χ2n) is 7.89. The zero-order chi connectivity index (χ0) is 19.1. The van der Waals surface area contributed by atoms with Gasteiger partial charge in [0.05, 0.1) is 10.6 Å². The van der Waals surface area contributed by atoms with Gasteiger partial charge in [0, 0.05) is 25.0 Å². The molecule has 0 radical (unpaired) electrons. The van der Waals surface area contributed by atoms with Gasteiger partial charge in [-0.3, -0.25) is 14.2 Å². The van der Waals surface area contributed by atoms with E-state index in [1.807, 2.05) is 11.5 Å². The Morgan fingerprint density at radius 3 is 2.63 bits per heavy atom. The van der Waals surface area contributed by atoms with Gasteiger partial charge in [-0.05, 0) is 51.0 Å². The molecule has 2 aliphatic rings. The van der Waals surface area contributed by atoms with Crippen molar-refractivity contribution in [3.05, 3.63) is 20.8 Å². The summed E-state index contributed by atoms with van der Waals surface area (Å²) in [5.41, 5.74) is 1.37. The maximum atomic E-state index is 13.6. The van der Waals surface area contributed by atoms with Gasteiger partial charge < -0.3 is 4.90 Å². The highest BCUT2D eigenvalue weighted by Crippen LogP contribution is 2.38. The van der Waals surface area contributed by atoms with Crippen molar-refractivity contribution in [3.63, 3.8) is 0 Å². The molecule has 2 aromatic rings. The Bertz CT molecular complexity index is 925. The molecule has 27 heavy (non-hydrogen) atoms. The summed E-state index contributed by atoms with van der Waals surface area (Å²) in [5, 5.41) is 1.32. The molecule has 0 N–H and O–H groups in total. The number of thioether (sulfide) groups is 1. The number of hydrogen-bond donors (Lipinski definition) is 0. The lowest BCUT2D eigenvalue weighted by atomic mass is 9.97. The molecule has 0 aromatic carbocycles. The average Bonchev–Trinajstić information content (AvgIpc) is 3.28. The van der Waals surface area contributed by atoms with Crippen molar-refractivity contribution in [1.29, 1.82) is 0 Å². The lowest BCUT2D eigenvalue weighted by Gasteiger charge is -2.21. The van der Waals surface area contributed by atoms with E-state index in [-0.39, 0.29) is 22.8 Å². The van der Waals surface area contributed by atoms with Crippen LogP contribution >= 0.6 is 23.1 Å². The summed E-state index contributed by atoms with van der Waals surface area (Å²) in [5.74, 6) is 0.0535. The van der Waals surface area contributed by atoms with Crippen molar-refractivity contribution in [2.75, 3.05) is 14.1 Å². The Morgan fingerprint density at radius 1 is 1.22 bits per heavy atom. The number of carbonyl (C=O) groups is 1. The molecule has 146 valence electrons. The lowest BCUT2D eigenvalue weighted by molar-refractivity contribution is -0.127. The summed E-state index contributed by atoms with van der Waals surface area (Å²) in [6, 6.07) is 0.220. The average molecular weight is 406 g/mol. The zero-order valence-electron chi connectivity index (χ0n) is 16.3. The van der Waals surface area contributed by atoms with Gasteiger partial charge in [0.15, 0.2) is 5.16 Å². The van der Waals surface area contributed by atoms with Crippen LogP contribution in [0.1, 0.15) is 61.9 Å². The molecule has 1 amide bonds. The van der Waals surface area contributed by atoms with Crippen LogP contribution in [0.4, 0.5) is 0 Å². The normalized spacial score (nSPS) is 18.6. The Morgan fingerprint density at radius 2 is 1.93 bits per heavy atom. The molecule has 5 nitrogen and oxygen atoms in total. The second kappa shape index (κ2) is 7.59. The first-order valence-corrected chi connectivity index (χ1v) is 11.6. The number of nitrogens with zero attached hydrogens (tertiary/aromatic N) is 3. The van der Waals surface area contributed by atoms with Crippen molar-refractivity contribution in [1.82, 2.24) is 14.5 Å². The van der Waals surface area contributed by atoms with E-state index in [1.54, 1.807) is 30.3 Å². The fraction of sp³-hybridized carbons (Fsp3) is 0.650. The first-order chi connectivity index (χ1) is 13.0. The van der Waals surface area contributed by atoms with Crippen molar-refractivity contribution in [3.8, 4) is 0 Å². The maximum Gasteiger partial charge on any atom is 0.263 e. The molecule has 0 spiro atoms. The summed E-state index contributed by atoms with van der Waals surface area (Å²) in [7, 11) is 3.54. The Kier molecular flexibility index (Phi) is 5.34. The summed E-state index contributed by atoms with van der Waals surface area (Å²) in [4.78, 5) is 34.7. The van der Waals surface area contributed by atoms with Gasteiger partial charge in [-0.25, -0.2) is 4.98 Å². The number of carbonyl (C=O) groups excluding carboxylic acids is 1. The minimum atomic E-state index is -0.258. The molecule has 1 atom stereocenters. The first kappa shape index (κ1) is 19.0. The molecule has 2 heterocycles. The smallest absolute Gasteiger partial charge is 0.263 e. The predicted molar refractivity (Wildman–Crippen MR) is 112 cm³/mol. The van der Waals surface area contributed by atoms with E-state index in [0.29, 0.717) is 0 Å². The predicted octanol–water partition coefficient (Wildman–Crippen LogP) is 4.02. The molecule has 0 saturated heterocycles. The summed E-state index contributed by atoms with van der Waals surface area (Å²) >= 11 is 3.12. The third-order valence-corrected chi connectivity index (χ3v) is 7.99. The molecular formula is C20H27N3O2S2. The van der Waals surface area contributed by atoms with Crippen LogP contribution in [0.15, 0.2) is 9.95 Å². The van der Waals surface area contributed by atoms with Gasteiger partial charge in [0.1, 0.15) is 4.83 Å². The highest BCUT2D eigenvalue weighted by Gasteiger charge is 2.28. The Hall–Kier alpha value is -1.34. The van der Waals surface area contributed by atoms with Crippen LogP contribution in [-0.2, 0) is 17.6 Å². The van der Waals surface area contributed by atoms with Crippen LogP contribution < -0.4 is 5.56 Å². The summed E-state index contributed by atoms with van der Waals surface area (Å²) in [6.07, 6.45) is 8.81. The molecule has 7 heteroatoms. The minimum absolute atomic E-state index is 0.0535. The third-order valence-electron chi connectivity index (χ3n) is 5.75. The van der Waals surface area contributed by atoms with Gasteiger partial charge in [-0.1, -0.05) is 24.6 Å². The molecule has 2 aliphatic carbocycles. The topological polar surface area (TPSA) is 55.2 Å². The van der Waals surface area contributed by atoms with Gasteiger partial charge in [0.2, 0.25) is 5.91 Å². The number of aromatic nitrogens is 2. The standard InChI is InChI=1S/C20H27N3O2S2/c1-12(18(24)22(2)3)26-20-21-17-16(14-10-6-7-11-15(14)27-17)19(25)23(20)13-8-4-5-9-13/h12-13H,4-11H2,1-3H3/t12-/m1/s1. The fourth-order valence-corrected chi connectivity index (χ4v) is 6.77. The van der Waals surface area contributed by atoms with Crippen molar-refractivity contribution < 1.29 is 4.79 Å². The van der Waals surface area contributed by atoms with Crippen molar-refractivity contribution >= 4 is 39.2 Å². The SMILES string of the molecule is C[C@@H](Sc1nc2sc3c(c2c(=O)n1C1CCCC1)CCCC3)C(=O)N(C)C. The number of amides is 1. The van der Waals surface area contributed by atoms with Crippen LogP contribution in [-0.4, -0.2) is 39.7 Å². The van der Waals surface area contributed by atoms with E-state index in [9.17, 15) is 9.59 Å². The monoisotopic (exact) mass is 405 g/mol. The third kappa shape index (κ3) is 3.44. The van der Waals surface area contributed by atoms with Crippen molar-refractivity contribution in [2.24, 2.45) is 0 Å². The number of thiophene rings is 1. The first-order valence-electron chi connectivity index (χ1n) is 9.92. The van der Waals surface area contributed by atoms with Crippen LogP contribution in [0.3, 0.4) is 0 Å². The minimum Gasteiger partial charge on any atom is -0.348 e. The van der Waals surface area contributed by atoms with Gasteiger partial charge in [-0.2, -0.15) is 0 Å². The molecule has 0 bridgehead atoms. The van der Waals surface area contributed by atoms with Gasteiger partial charge in [0.25, 0.3) is 5.56 Å². The zero-order valence-corrected chi connectivity index (χ0v) is 17.9. The van der Waals surface area contributed by atoms with Crippen LogP contribution in [0.5, 0.6) is 0 Å². The van der Waals surface area contributed by atoms with Gasteiger partial charge in [-0.15, -0.1) is 11.3 Å². The number of rotatable bonds is 4. The molecule has 2 aromatic heterocycles. The Balaban J connectivity index is 1.84. The van der Waals surface area contributed by atoms with Crippen LogP contribution in [0.2, 0.25) is 0 Å². The van der Waals surface area contributed by atoms with Crippen molar-refractivity contribution in [2.45, 2.75) is 74.7 Å². The van der Waals surface area contributed by atoms with Gasteiger partial charge >= 0.3 is 0 Å². The Labute approximate surface area is 168 Å². The quantitative estimate of drug-likeness (QED) is 0.569. The maximum absolute atomic E-state index is 13.6. The molecule has 4 rings (SSSR count). The summed E-state index contributed by atoms with van der Waals surface area (Å²) in [6.45, 7) is 1.90. The molecular weight excluding hydrogens is 378 g/mol. The summed E-state index contributed by atoms with van der Waals surface area (Å²) < 4.78 is 1.93. The number of fused-ring (bicyclic) bond motifs is 3. The molecule has 0 aliphatic heterocycles. The second-order valence-corrected chi connectivity index (χ2v) is 10.3. The van der Waals surface area contributed by atoms with E-state index in [1.165, 1.54) is 28.6 Å². The number of aryl methyl sites for hydroxylation is 2. The van der Waals surface area contributed by atoms with E-state index in [2.05, 4.69) is 0 Å². The van der Waals surface area contributed by atoms with Crippen LogP contribution in [0.25, 0.3) is 10.2 Å². The van der Waals surface area contributed by atoms with E-state index in [0.717, 1.165) is 60.3 Å². The molecule has 1 fully saturated rings. The molecule has 0 unspecified atom stereocenters. The number of hydrogen-bond acceptors (Lipinski definition) is 5. The van der Waals surface area contributed by atoms with E-state index >= 15 is 0 Å². The van der Waals surface area contributed by atoms with Crippen LogP contribution in [0, 0.1) is 0 Å². The fourth-order valence-electron chi connectivity index (χ4n) is 4.34. The highest BCUT2D eigenvalue weighted by molar-refractivity contribution is 8.00.